The van der Waals surface area contributed by atoms with Crippen molar-refractivity contribution in [3.05, 3.63) is 24.4 Å². The number of rotatable bonds is 7. The van der Waals surface area contributed by atoms with Crippen molar-refractivity contribution < 1.29 is 28.8 Å². The lowest BCUT2D eigenvalue weighted by Crippen LogP contribution is -2.36. The summed E-state index contributed by atoms with van der Waals surface area (Å²) < 4.78 is 16.2. The van der Waals surface area contributed by atoms with Crippen LogP contribution in [0.25, 0.3) is 10.9 Å². The summed E-state index contributed by atoms with van der Waals surface area (Å²) >= 11 is 0. The van der Waals surface area contributed by atoms with Crippen LogP contribution in [0.1, 0.15) is 26.2 Å². The number of nitrogens with zero attached hydrogens (tertiary/aromatic N) is 1. The van der Waals surface area contributed by atoms with E-state index in [0.29, 0.717) is 17.9 Å². The maximum Gasteiger partial charge on any atom is 0.400 e. The van der Waals surface area contributed by atoms with Crippen LogP contribution in [0, 0.1) is 5.92 Å². The van der Waals surface area contributed by atoms with Crippen LogP contribution in [0.15, 0.2) is 24.4 Å². The van der Waals surface area contributed by atoms with E-state index in [4.69, 9.17) is 19.2 Å². The summed E-state index contributed by atoms with van der Waals surface area (Å²) in [7, 11) is 3.14. The highest BCUT2D eigenvalue weighted by atomic mass is 16.5. The molecule has 2 atom stereocenters. The third-order valence-electron chi connectivity index (χ3n) is 5.13. The van der Waals surface area contributed by atoms with E-state index in [1.54, 1.807) is 26.5 Å². The number of ether oxygens (including phenoxy) is 2. The van der Waals surface area contributed by atoms with Crippen molar-refractivity contribution in [3.63, 3.8) is 0 Å². The number of pyridine rings is 1. The molecule has 8 heteroatoms. The molecule has 1 saturated heterocycles. The number of carbonyl (C=O) groups is 2. The predicted octanol–water partition coefficient (Wildman–Crippen LogP) is 2.27. The van der Waals surface area contributed by atoms with Gasteiger partial charge in [0.15, 0.2) is 11.5 Å². The molecule has 142 valence electrons. The lowest BCUT2D eigenvalue weighted by Gasteiger charge is -2.20. The molecule has 3 rings (SSSR count). The Morgan fingerprint density at radius 3 is 2.70 bits per heavy atom. The van der Waals surface area contributed by atoms with Crippen molar-refractivity contribution >= 4 is 35.2 Å². The van der Waals surface area contributed by atoms with Gasteiger partial charge in [-0.2, -0.15) is 0 Å². The van der Waals surface area contributed by atoms with Crippen molar-refractivity contribution in [2.45, 2.75) is 32.0 Å². The van der Waals surface area contributed by atoms with Gasteiger partial charge in [-0.15, -0.1) is 0 Å². The monoisotopic (exact) mass is 371 g/mol. The highest BCUT2D eigenvalue weighted by Crippen LogP contribution is 2.36. The second-order valence-electron chi connectivity index (χ2n) is 6.86. The zero-order chi connectivity index (χ0) is 19.6. The Morgan fingerprint density at radius 1 is 1.33 bits per heavy atom. The molecular weight excluding hydrogens is 349 g/mol. The van der Waals surface area contributed by atoms with E-state index >= 15 is 0 Å². The van der Waals surface area contributed by atoms with Crippen LogP contribution < -0.4 is 14.9 Å². The summed E-state index contributed by atoms with van der Waals surface area (Å²) in [6, 6.07) is 5.57. The third-order valence-corrected chi connectivity index (χ3v) is 5.13. The number of carboxylic acid groups (broad SMARTS) is 1. The fourth-order valence-corrected chi connectivity index (χ4v) is 3.58. The molecule has 0 amide bonds. The van der Waals surface area contributed by atoms with Crippen molar-refractivity contribution in [1.82, 2.24) is 4.98 Å². The molecule has 0 saturated carbocycles. The van der Waals surface area contributed by atoms with Gasteiger partial charge in [0.05, 0.1) is 19.7 Å². The van der Waals surface area contributed by atoms with E-state index in [1.165, 1.54) is 0 Å². The molecular formula is C19H22BNO6. The molecule has 1 aromatic carbocycles. The highest BCUT2D eigenvalue weighted by Gasteiger charge is 2.43. The number of hydrogen-bond donors (Lipinski definition) is 1. The Bertz CT molecular complexity index is 871. The topological polar surface area (TPSA) is 95.0 Å². The van der Waals surface area contributed by atoms with E-state index in [-0.39, 0.29) is 30.5 Å². The molecule has 1 aromatic heterocycles. The molecule has 27 heavy (non-hydrogen) atoms. The minimum absolute atomic E-state index is 0.0404. The maximum atomic E-state index is 11.9. The largest absolute Gasteiger partial charge is 0.531 e. The van der Waals surface area contributed by atoms with E-state index < -0.39 is 12.9 Å². The molecule has 2 aromatic rings. The quantitative estimate of drug-likeness (QED) is 0.746. The van der Waals surface area contributed by atoms with Crippen molar-refractivity contribution in [1.29, 1.82) is 0 Å². The standard InChI is InChI=1S/C19H22BNO6/c1-11(4-5-18(22)23)14-8-19(24)27-20(14)13-6-12-7-16(25-2)17(26-3)9-15(12)21-10-13/h6-7,9-11,14H,4-5,8H2,1-3H3,(H,22,23)/t11-,14-/m1/s1. The summed E-state index contributed by atoms with van der Waals surface area (Å²) in [5.74, 6) is 0.0583. The first-order valence-electron chi connectivity index (χ1n) is 8.86. The summed E-state index contributed by atoms with van der Waals surface area (Å²) in [4.78, 5) is 27.3. The van der Waals surface area contributed by atoms with Crippen molar-refractivity contribution in [3.8, 4) is 11.5 Å². The van der Waals surface area contributed by atoms with Crippen LogP contribution in [-0.2, 0) is 14.2 Å². The van der Waals surface area contributed by atoms with Crippen LogP contribution in [0.2, 0.25) is 5.82 Å². The van der Waals surface area contributed by atoms with Gasteiger partial charge >= 0.3 is 12.9 Å². The van der Waals surface area contributed by atoms with Crippen molar-refractivity contribution in [2.75, 3.05) is 14.2 Å². The molecule has 1 fully saturated rings. The molecule has 1 aliphatic rings. The van der Waals surface area contributed by atoms with E-state index in [2.05, 4.69) is 4.98 Å². The van der Waals surface area contributed by atoms with Gasteiger partial charge in [0.2, 0.25) is 0 Å². The highest BCUT2D eigenvalue weighted by molar-refractivity contribution is 6.72. The van der Waals surface area contributed by atoms with E-state index in [1.807, 2.05) is 19.1 Å². The van der Waals surface area contributed by atoms with E-state index in [9.17, 15) is 9.59 Å². The molecule has 0 bridgehead atoms. The molecule has 2 heterocycles. The molecule has 7 nitrogen and oxygen atoms in total. The van der Waals surface area contributed by atoms with Gasteiger partial charge in [0.25, 0.3) is 5.97 Å². The molecule has 0 spiro atoms. The minimum Gasteiger partial charge on any atom is -0.531 e. The SMILES string of the molecule is COc1cc2cc(B3OC(=O)C[C@@H]3[C@H](C)CCC(=O)O)cnc2cc1OC. The Kier molecular flexibility index (Phi) is 5.53. The first-order valence-corrected chi connectivity index (χ1v) is 8.86. The van der Waals surface area contributed by atoms with Gasteiger partial charge in [-0.1, -0.05) is 13.0 Å². The average Bonchev–Trinajstić information content (AvgIpc) is 3.06. The number of hydrogen-bond acceptors (Lipinski definition) is 6. The Morgan fingerprint density at radius 2 is 2.04 bits per heavy atom. The van der Waals surface area contributed by atoms with Crippen LogP contribution in [0.5, 0.6) is 11.5 Å². The minimum atomic E-state index is -0.836. The first kappa shape index (κ1) is 19.0. The molecule has 0 radical (unpaired) electrons. The Balaban J connectivity index is 1.92. The summed E-state index contributed by atoms with van der Waals surface area (Å²) in [6.07, 6.45) is 2.56. The number of aromatic nitrogens is 1. The number of carbonyl (C=O) groups excluding carboxylic acids is 1. The lowest BCUT2D eigenvalue weighted by molar-refractivity contribution is -0.137. The molecule has 0 aliphatic carbocycles. The molecule has 1 aliphatic heterocycles. The summed E-state index contributed by atoms with van der Waals surface area (Å²) in [6.45, 7) is 1.54. The predicted molar refractivity (Wildman–Crippen MR) is 101 cm³/mol. The van der Waals surface area contributed by atoms with Gasteiger partial charge < -0.3 is 19.2 Å². The number of benzene rings is 1. The smallest absolute Gasteiger partial charge is 0.400 e. The zero-order valence-electron chi connectivity index (χ0n) is 15.6. The molecule has 0 unspecified atom stereocenters. The average molecular weight is 371 g/mol. The first-order chi connectivity index (χ1) is 12.9. The fraction of sp³-hybridized carbons (Fsp3) is 0.421. The number of methoxy groups -OCH3 is 2. The number of aliphatic carboxylic acids is 1. The van der Waals surface area contributed by atoms with Crippen LogP contribution >= 0.6 is 0 Å². The van der Waals surface area contributed by atoms with Crippen LogP contribution in [0.4, 0.5) is 0 Å². The summed E-state index contributed by atoms with van der Waals surface area (Å²) in [5.41, 5.74) is 1.55. The van der Waals surface area contributed by atoms with Gasteiger partial charge in [-0.3, -0.25) is 14.6 Å². The third kappa shape index (κ3) is 3.99. The fourth-order valence-electron chi connectivity index (χ4n) is 3.58. The van der Waals surface area contributed by atoms with Crippen LogP contribution in [0.3, 0.4) is 0 Å². The van der Waals surface area contributed by atoms with E-state index in [0.717, 1.165) is 16.4 Å². The Hall–Kier alpha value is -2.77. The van der Waals surface area contributed by atoms with Gasteiger partial charge in [-0.25, -0.2) is 0 Å². The zero-order valence-corrected chi connectivity index (χ0v) is 15.6. The number of carboxylic acids is 1. The second-order valence-corrected chi connectivity index (χ2v) is 6.86. The summed E-state index contributed by atoms with van der Waals surface area (Å²) in [5, 5.41) is 9.77. The number of fused-ring (bicyclic) bond motifs is 1. The van der Waals surface area contributed by atoms with Gasteiger partial charge in [0, 0.05) is 30.5 Å². The van der Waals surface area contributed by atoms with Crippen molar-refractivity contribution in [2.24, 2.45) is 5.92 Å². The lowest BCUT2D eigenvalue weighted by atomic mass is 9.48. The Labute approximate surface area is 157 Å². The second kappa shape index (κ2) is 7.86. The molecule has 1 N–H and O–H groups in total. The normalized spacial score (nSPS) is 17.7. The van der Waals surface area contributed by atoms with Gasteiger partial charge in [0.1, 0.15) is 0 Å². The van der Waals surface area contributed by atoms with Crippen LogP contribution in [-0.4, -0.2) is 43.2 Å². The maximum absolute atomic E-state index is 11.9. The van der Waals surface area contributed by atoms with Gasteiger partial charge in [-0.05, 0) is 29.7 Å².